The van der Waals surface area contributed by atoms with Crippen LogP contribution in [-0.4, -0.2) is 17.6 Å². The number of rotatable bonds is 4. The second-order valence-electron chi connectivity index (χ2n) is 5.00. The van der Waals surface area contributed by atoms with Crippen molar-refractivity contribution >= 4 is 35.6 Å². The van der Waals surface area contributed by atoms with E-state index in [2.05, 4.69) is 15.4 Å². The Balaban J connectivity index is 1.91. The zero-order valence-electron chi connectivity index (χ0n) is 12.8. The summed E-state index contributed by atoms with van der Waals surface area (Å²) < 4.78 is 5.26. The van der Waals surface area contributed by atoms with Gasteiger partial charge in [-0.3, -0.25) is 0 Å². The summed E-state index contributed by atoms with van der Waals surface area (Å²) in [4.78, 5) is 0. The molecule has 0 amide bonds. The van der Waals surface area contributed by atoms with Crippen molar-refractivity contribution in [2.75, 3.05) is 0 Å². The van der Waals surface area contributed by atoms with Gasteiger partial charge in [0.25, 0.3) is 0 Å². The van der Waals surface area contributed by atoms with E-state index in [9.17, 15) is 0 Å². The zero-order chi connectivity index (χ0) is 16.9. The van der Waals surface area contributed by atoms with Crippen molar-refractivity contribution < 1.29 is 4.52 Å². The normalized spacial score (nSPS) is 11.6. The average Bonchev–Trinajstić information content (AvgIpc) is 2.93. The van der Waals surface area contributed by atoms with Crippen LogP contribution in [0.3, 0.4) is 0 Å². The van der Waals surface area contributed by atoms with Gasteiger partial charge in [-0.2, -0.15) is 10.2 Å². The summed E-state index contributed by atoms with van der Waals surface area (Å²) in [6, 6.07) is 15.0. The Morgan fingerprint density at radius 3 is 2.29 bits per heavy atom. The molecule has 1 heterocycles. The second kappa shape index (κ2) is 7.43. The maximum Gasteiger partial charge on any atom is 0.143 e. The molecule has 0 bridgehead atoms. The Bertz CT molecular complexity index is 882. The van der Waals surface area contributed by atoms with Crippen LogP contribution in [0.2, 0.25) is 10.0 Å². The first-order valence-corrected chi connectivity index (χ1v) is 7.94. The highest BCUT2D eigenvalue weighted by Crippen LogP contribution is 2.36. The third kappa shape index (κ3) is 3.55. The molecule has 0 saturated carbocycles. The van der Waals surface area contributed by atoms with E-state index >= 15 is 0 Å². The molecule has 1 aromatic heterocycles. The van der Waals surface area contributed by atoms with Gasteiger partial charge in [0.15, 0.2) is 0 Å². The highest BCUT2D eigenvalue weighted by molar-refractivity contribution is 6.39. The van der Waals surface area contributed by atoms with Crippen molar-refractivity contribution in [1.29, 1.82) is 0 Å². The van der Waals surface area contributed by atoms with Gasteiger partial charge in [-0.05, 0) is 24.6 Å². The van der Waals surface area contributed by atoms with E-state index in [-0.39, 0.29) is 0 Å². The minimum atomic E-state index is 0.498. The molecule has 0 aliphatic heterocycles. The Kier molecular flexibility index (Phi) is 5.08. The summed E-state index contributed by atoms with van der Waals surface area (Å²) in [7, 11) is 0. The number of hydrogen-bond donors (Lipinski definition) is 0. The molecule has 0 fully saturated rings. The SMILES string of the molecule is Cc1onc(-c2c(Cl)cccc2Cl)c1/C=N/N=C/c1ccccc1. The fourth-order valence-corrected chi connectivity index (χ4v) is 2.74. The van der Waals surface area contributed by atoms with E-state index in [4.69, 9.17) is 27.7 Å². The maximum atomic E-state index is 6.25. The summed E-state index contributed by atoms with van der Waals surface area (Å²) in [6.07, 6.45) is 3.25. The average molecular weight is 358 g/mol. The van der Waals surface area contributed by atoms with Crippen LogP contribution in [0.25, 0.3) is 11.3 Å². The molecule has 0 radical (unpaired) electrons. The molecule has 0 spiro atoms. The predicted octanol–water partition coefficient (Wildman–Crippen LogP) is 5.41. The van der Waals surface area contributed by atoms with Crippen LogP contribution in [0.1, 0.15) is 16.9 Å². The lowest BCUT2D eigenvalue weighted by molar-refractivity contribution is 0.399. The molecule has 120 valence electrons. The van der Waals surface area contributed by atoms with Crippen LogP contribution in [0.15, 0.2) is 63.3 Å². The Morgan fingerprint density at radius 1 is 0.917 bits per heavy atom. The third-order valence-electron chi connectivity index (χ3n) is 3.37. The number of nitrogens with zero attached hydrogens (tertiary/aromatic N) is 3. The van der Waals surface area contributed by atoms with Gasteiger partial charge in [-0.15, -0.1) is 0 Å². The molecule has 6 heteroatoms. The summed E-state index contributed by atoms with van der Waals surface area (Å²) in [6.45, 7) is 1.80. The van der Waals surface area contributed by atoms with Gasteiger partial charge >= 0.3 is 0 Å². The Hall–Kier alpha value is -2.43. The zero-order valence-corrected chi connectivity index (χ0v) is 14.3. The van der Waals surface area contributed by atoms with Crippen LogP contribution in [0.4, 0.5) is 0 Å². The van der Waals surface area contributed by atoms with Gasteiger partial charge < -0.3 is 4.52 Å². The second-order valence-corrected chi connectivity index (χ2v) is 5.81. The van der Waals surface area contributed by atoms with E-state index in [0.717, 1.165) is 5.56 Å². The van der Waals surface area contributed by atoms with Gasteiger partial charge in [0.2, 0.25) is 0 Å². The van der Waals surface area contributed by atoms with Crippen LogP contribution >= 0.6 is 23.2 Å². The molecule has 0 atom stereocenters. The summed E-state index contributed by atoms with van der Waals surface area (Å²) in [5, 5.41) is 13.2. The van der Waals surface area contributed by atoms with Crippen molar-refractivity contribution in [3.63, 3.8) is 0 Å². The molecule has 0 unspecified atom stereocenters. The number of aromatic nitrogens is 1. The van der Waals surface area contributed by atoms with Crippen molar-refractivity contribution in [2.45, 2.75) is 6.92 Å². The van der Waals surface area contributed by atoms with Gasteiger partial charge in [0.1, 0.15) is 11.5 Å². The summed E-state index contributed by atoms with van der Waals surface area (Å²) in [5.74, 6) is 0.611. The van der Waals surface area contributed by atoms with Crippen molar-refractivity contribution in [3.8, 4) is 11.3 Å². The standard InChI is InChI=1S/C18H13Cl2N3O/c1-12-14(11-22-21-10-13-6-3-2-4-7-13)18(23-24-12)17-15(19)8-5-9-16(17)20/h2-11H,1H3/b21-10+,22-11+. The van der Waals surface area contributed by atoms with Gasteiger partial charge in [-0.25, -0.2) is 0 Å². The smallest absolute Gasteiger partial charge is 0.143 e. The molecule has 0 N–H and O–H groups in total. The molecular weight excluding hydrogens is 345 g/mol. The lowest BCUT2D eigenvalue weighted by Gasteiger charge is -2.03. The minimum absolute atomic E-state index is 0.498. The predicted molar refractivity (Wildman–Crippen MR) is 98.3 cm³/mol. The molecular formula is C18H13Cl2N3O. The van der Waals surface area contributed by atoms with E-state index in [1.807, 2.05) is 30.3 Å². The largest absolute Gasteiger partial charge is 0.360 e. The molecule has 0 aliphatic carbocycles. The van der Waals surface area contributed by atoms with Gasteiger partial charge in [0, 0.05) is 5.56 Å². The summed E-state index contributed by atoms with van der Waals surface area (Å²) in [5.41, 5.74) is 2.81. The highest BCUT2D eigenvalue weighted by Gasteiger charge is 2.18. The van der Waals surface area contributed by atoms with Crippen LogP contribution in [-0.2, 0) is 0 Å². The number of aryl methyl sites for hydroxylation is 1. The number of halogens is 2. The highest BCUT2D eigenvalue weighted by atomic mass is 35.5. The van der Waals surface area contributed by atoms with Crippen LogP contribution in [0, 0.1) is 6.92 Å². The molecule has 4 nitrogen and oxygen atoms in total. The van der Waals surface area contributed by atoms with E-state index in [0.29, 0.717) is 32.6 Å². The van der Waals surface area contributed by atoms with Crippen molar-refractivity contribution in [1.82, 2.24) is 5.16 Å². The molecule has 3 aromatic rings. The van der Waals surface area contributed by atoms with Crippen LogP contribution in [0.5, 0.6) is 0 Å². The molecule has 24 heavy (non-hydrogen) atoms. The Labute approximate surface area is 149 Å². The van der Waals surface area contributed by atoms with E-state index < -0.39 is 0 Å². The topological polar surface area (TPSA) is 50.8 Å². The van der Waals surface area contributed by atoms with E-state index in [1.54, 1.807) is 37.6 Å². The number of benzene rings is 2. The fraction of sp³-hybridized carbons (Fsp3) is 0.0556. The van der Waals surface area contributed by atoms with Crippen molar-refractivity contribution in [3.05, 3.63) is 75.5 Å². The molecule has 2 aromatic carbocycles. The molecule has 3 rings (SSSR count). The lowest BCUT2D eigenvalue weighted by Crippen LogP contribution is -1.89. The quantitative estimate of drug-likeness (QED) is 0.463. The first kappa shape index (κ1) is 16.4. The fourth-order valence-electron chi connectivity index (χ4n) is 2.17. The lowest BCUT2D eigenvalue weighted by atomic mass is 10.1. The van der Waals surface area contributed by atoms with Crippen LogP contribution < -0.4 is 0 Å². The maximum absolute atomic E-state index is 6.25. The molecule has 0 aliphatic rings. The summed E-state index contributed by atoms with van der Waals surface area (Å²) >= 11 is 12.5. The van der Waals surface area contributed by atoms with Gasteiger partial charge in [0.05, 0.1) is 28.0 Å². The first-order chi connectivity index (χ1) is 11.7. The number of hydrogen-bond acceptors (Lipinski definition) is 4. The molecule has 0 saturated heterocycles. The van der Waals surface area contributed by atoms with Gasteiger partial charge in [-0.1, -0.05) is 64.8 Å². The van der Waals surface area contributed by atoms with E-state index in [1.165, 1.54) is 0 Å². The third-order valence-corrected chi connectivity index (χ3v) is 4.00. The first-order valence-electron chi connectivity index (χ1n) is 7.19. The minimum Gasteiger partial charge on any atom is -0.360 e. The Morgan fingerprint density at radius 2 is 1.58 bits per heavy atom. The van der Waals surface area contributed by atoms with Crippen molar-refractivity contribution in [2.24, 2.45) is 10.2 Å². The monoisotopic (exact) mass is 357 g/mol.